The highest BCUT2D eigenvalue weighted by Crippen LogP contribution is 2.26. The SMILES string of the molecule is Cc1ccc(NC(=O)CNCC(C)(C)c2cccs2)cc1. The molecule has 3 nitrogen and oxygen atoms in total. The van der Waals surface area contributed by atoms with Crippen LogP contribution in [-0.2, 0) is 10.2 Å². The number of thiophene rings is 1. The van der Waals surface area contributed by atoms with E-state index >= 15 is 0 Å². The third-order valence-corrected chi connectivity index (χ3v) is 4.61. The number of carbonyl (C=O) groups is 1. The molecule has 0 aliphatic heterocycles. The standard InChI is InChI=1S/C17H22N2OS/c1-13-6-8-14(9-7-13)19-16(20)11-18-12-17(2,3)15-5-4-10-21-15/h4-10,18H,11-12H2,1-3H3,(H,19,20). The maximum absolute atomic E-state index is 11.9. The third kappa shape index (κ3) is 4.69. The zero-order chi connectivity index (χ0) is 15.3. The van der Waals surface area contributed by atoms with E-state index in [0.717, 1.165) is 12.2 Å². The number of hydrogen-bond donors (Lipinski definition) is 2. The Hall–Kier alpha value is -1.65. The van der Waals surface area contributed by atoms with Gasteiger partial charge in [0.05, 0.1) is 6.54 Å². The van der Waals surface area contributed by atoms with Gasteiger partial charge in [-0.05, 0) is 30.5 Å². The van der Waals surface area contributed by atoms with E-state index in [4.69, 9.17) is 0 Å². The Labute approximate surface area is 130 Å². The van der Waals surface area contributed by atoms with E-state index in [-0.39, 0.29) is 11.3 Å². The molecule has 1 aromatic carbocycles. The normalized spacial score (nSPS) is 11.4. The van der Waals surface area contributed by atoms with Crippen molar-refractivity contribution >= 4 is 22.9 Å². The van der Waals surface area contributed by atoms with Crippen molar-refractivity contribution in [2.45, 2.75) is 26.2 Å². The Kier molecular flexibility index (Phi) is 5.15. The molecule has 1 amide bonds. The Morgan fingerprint density at radius 3 is 2.52 bits per heavy atom. The maximum atomic E-state index is 11.9. The number of hydrogen-bond acceptors (Lipinski definition) is 3. The van der Waals surface area contributed by atoms with E-state index in [1.807, 2.05) is 31.2 Å². The highest BCUT2D eigenvalue weighted by atomic mass is 32.1. The van der Waals surface area contributed by atoms with Crippen LogP contribution in [0.25, 0.3) is 0 Å². The first-order chi connectivity index (χ1) is 9.97. The molecule has 2 aromatic rings. The van der Waals surface area contributed by atoms with Gasteiger partial charge in [0, 0.05) is 22.5 Å². The van der Waals surface area contributed by atoms with Crippen LogP contribution in [0.2, 0.25) is 0 Å². The number of nitrogens with one attached hydrogen (secondary N) is 2. The fourth-order valence-corrected chi connectivity index (χ4v) is 2.93. The zero-order valence-corrected chi connectivity index (χ0v) is 13.6. The topological polar surface area (TPSA) is 41.1 Å². The smallest absolute Gasteiger partial charge is 0.238 e. The van der Waals surface area contributed by atoms with Crippen LogP contribution in [0.5, 0.6) is 0 Å². The number of amides is 1. The second kappa shape index (κ2) is 6.87. The molecule has 0 unspecified atom stereocenters. The average molecular weight is 302 g/mol. The van der Waals surface area contributed by atoms with Crippen molar-refractivity contribution in [2.75, 3.05) is 18.4 Å². The van der Waals surface area contributed by atoms with Crippen molar-refractivity contribution in [2.24, 2.45) is 0 Å². The highest BCUT2D eigenvalue weighted by Gasteiger charge is 2.21. The molecular formula is C17H22N2OS. The summed E-state index contributed by atoms with van der Waals surface area (Å²) in [4.78, 5) is 13.2. The Morgan fingerprint density at radius 1 is 1.19 bits per heavy atom. The number of anilines is 1. The molecular weight excluding hydrogens is 280 g/mol. The average Bonchev–Trinajstić information content (AvgIpc) is 2.96. The van der Waals surface area contributed by atoms with Crippen molar-refractivity contribution in [3.8, 4) is 0 Å². The van der Waals surface area contributed by atoms with Gasteiger partial charge in [-0.15, -0.1) is 11.3 Å². The molecule has 0 atom stereocenters. The lowest BCUT2D eigenvalue weighted by Crippen LogP contribution is -2.37. The van der Waals surface area contributed by atoms with E-state index in [2.05, 4.69) is 42.0 Å². The molecule has 112 valence electrons. The Bertz CT molecular complexity index is 573. The number of rotatable bonds is 6. The molecule has 0 aliphatic carbocycles. The van der Waals surface area contributed by atoms with Gasteiger partial charge in [0.2, 0.25) is 5.91 Å². The third-order valence-electron chi connectivity index (χ3n) is 3.38. The molecule has 21 heavy (non-hydrogen) atoms. The van der Waals surface area contributed by atoms with Crippen molar-refractivity contribution in [3.63, 3.8) is 0 Å². The van der Waals surface area contributed by atoms with Gasteiger partial charge in [0.25, 0.3) is 0 Å². The summed E-state index contributed by atoms with van der Waals surface area (Å²) in [7, 11) is 0. The van der Waals surface area contributed by atoms with Crippen LogP contribution in [0.15, 0.2) is 41.8 Å². The largest absolute Gasteiger partial charge is 0.325 e. The van der Waals surface area contributed by atoms with E-state index in [9.17, 15) is 4.79 Å². The van der Waals surface area contributed by atoms with E-state index in [0.29, 0.717) is 6.54 Å². The summed E-state index contributed by atoms with van der Waals surface area (Å²) >= 11 is 1.75. The molecule has 0 fully saturated rings. The van der Waals surface area contributed by atoms with Gasteiger partial charge in [-0.2, -0.15) is 0 Å². The Balaban J connectivity index is 1.78. The van der Waals surface area contributed by atoms with Crippen molar-refractivity contribution in [3.05, 3.63) is 52.2 Å². The Morgan fingerprint density at radius 2 is 1.90 bits per heavy atom. The number of aryl methyl sites for hydroxylation is 1. The summed E-state index contributed by atoms with van der Waals surface area (Å²) in [6.07, 6.45) is 0. The lowest BCUT2D eigenvalue weighted by atomic mass is 9.91. The molecule has 2 rings (SSSR count). The molecule has 1 heterocycles. The van der Waals surface area contributed by atoms with E-state index < -0.39 is 0 Å². The van der Waals surface area contributed by atoms with Gasteiger partial charge in [-0.25, -0.2) is 0 Å². The van der Waals surface area contributed by atoms with Gasteiger partial charge < -0.3 is 10.6 Å². The molecule has 4 heteroatoms. The first-order valence-corrected chi connectivity index (χ1v) is 7.96. The molecule has 0 bridgehead atoms. The molecule has 1 aromatic heterocycles. The summed E-state index contributed by atoms with van der Waals surface area (Å²) in [5.74, 6) is -0.0131. The number of carbonyl (C=O) groups excluding carboxylic acids is 1. The maximum Gasteiger partial charge on any atom is 0.238 e. The molecule has 0 radical (unpaired) electrons. The van der Waals surface area contributed by atoms with Crippen LogP contribution in [0.3, 0.4) is 0 Å². The van der Waals surface area contributed by atoms with Gasteiger partial charge >= 0.3 is 0 Å². The van der Waals surface area contributed by atoms with Gasteiger partial charge in [0.1, 0.15) is 0 Å². The highest BCUT2D eigenvalue weighted by molar-refractivity contribution is 7.10. The first kappa shape index (κ1) is 15.7. The molecule has 0 spiro atoms. The van der Waals surface area contributed by atoms with Crippen molar-refractivity contribution in [1.29, 1.82) is 0 Å². The minimum absolute atomic E-state index is 0.0131. The summed E-state index contributed by atoms with van der Waals surface area (Å²) < 4.78 is 0. The second-order valence-corrected chi connectivity index (χ2v) is 6.83. The van der Waals surface area contributed by atoms with Gasteiger partial charge in [-0.3, -0.25) is 4.79 Å². The van der Waals surface area contributed by atoms with Crippen LogP contribution in [0.1, 0.15) is 24.3 Å². The summed E-state index contributed by atoms with van der Waals surface area (Å²) in [5.41, 5.74) is 2.06. The molecule has 0 aliphatic rings. The molecule has 0 saturated carbocycles. The van der Waals surface area contributed by atoms with Crippen LogP contribution in [0, 0.1) is 6.92 Å². The summed E-state index contributed by atoms with van der Waals surface area (Å²) in [6, 6.07) is 12.0. The minimum Gasteiger partial charge on any atom is -0.325 e. The predicted octanol–water partition coefficient (Wildman–Crippen LogP) is 3.56. The van der Waals surface area contributed by atoms with Crippen molar-refractivity contribution < 1.29 is 4.79 Å². The van der Waals surface area contributed by atoms with Gasteiger partial charge in [0.15, 0.2) is 0 Å². The van der Waals surface area contributed by atoms with Crippen LogP contribution in [-0.4, -0.2) is 19.0 Å². The fraction of sp³-hybridized carbons (Fsp3) is 0.353. The van der Waals surface area contributed by atoms with Crippen LogP contribution in [0.4, 0.5) is 5.69 Å². The minimum atomic E-state index is -0.0131. The summed E-state index contributed by atoms with van der Waals surface area (Å²) in [6.45, 7) is 7.49. The van der Waals surface area contributed by atoms with Crippen LogP contribution < -0.4 is 10.6 Å². The molecule has 2 N–H and O–H groups in total. The zero-order valence-electron chi connectivity index (χ0n) is 12.8. The van der Waals surface area contributed by atoms with E-state index in [1.165, 1.54) is 10.4 Å². The lowest BCUT2D eigenvalue weighted by Gasteiger charge is -2.23. The summed E-state index contributed by atoms with van der Waals surface area (Å²) in [5, 5.41) is 8.22. The monoisotopic (exact) mass is 302 g/mol. The van der Waals surface area contributed by atoms with Crippen molar-refractivity contribution in [1.82, 2.24) is 5.32 Å². The predicted molar refractivity (Wildman–Crippen MR) is 90.0 cm³/mol. The first-order valence-electron chi connectivity index (χ1n) is 7.08. The quantitative estimate of drug-likeness (QED) is 0.856. The van der Waals surface area contributed by atoms with Gasteiger partial charge in [-0.1, -0.05) is 37.6 Å². The molecule has 0 saturated heterocycles. The second-order valence-electron chi connectivity index (χ2n) is 5.88. The lowest BCUT2D eigenvalue weighted by molar-refractivity contribution is -0.115. The fourth-order valence-electron chi connectivity index (χ4n) is 2.08. The van der Waals surface area contributed by atoms with Crippen LogP contribution >= 0.6 is 11.3 Å². The number of benzene rings is 1. The van der Waals surface area contributed by atoms with E-state index in [1.54, 1.807) is 11.3 Å².